The molecule has 1 N–H and O–H groups in total. The van der Waals surface area contributed by atoms with Crippen molar-refractivity contribution in [2.24, 2.45) is 0 Å². The highest BCUT2D eigenvalue weighted by Crippen LogP contribution is 2.38. The normalized spacial score (nSPS) is 10.5. The number of ether oxygens (including phenoxy) is 1. The number of aryl methyl sites for hydroxylation is 1. The van der Waals surface area contributed by atoms with Crippen LogP contribution in [0.5, 0.6) is 10.8 Å². The van der Waals surface area contributed by atoms with Gasteiger partial charge in [0.1, 0.15) is 17.3 Å². The predicted octanol–water partition coefficient (Wildman–Crippen LogP) is 5.75. The highest BCUT2D eigenvalue weighted by molar-refractivity contribution is 7.13. The molecule has 0 aliphatic carbocycles. The molecular formula is C24H22N4O2S. The van der Waals surface area contributed by atoms with Gasteiger partial charge in [0, 0.05) is 43.2 Å². The van der Waals surface area contributed by atoms with Gasteiger partial charge in [-0.3, -0.25) is 4.79 Å². The van der Waals surface area contributed by atoms with E-state index in [-0.39, 0.29) is 5.91 Å². The lowest BCUT2D eigenvalue weighted by atomic mass is 10.2. The summed E-state index contributed by atoms with van der Waals surface area (Å²) in [5.74, 6) is 1.22. The third-order valence-electron chi connectivity index (χ3n) is 4.48. The van der Waals surface area contributed by atoms with Gasteiger partial charge in [0.2, 0.25) is 5.06 Å². The highest BCUT2D eigenvalue weighted by Gasteiger charge is 2.14. The van der Waals surface area contributed by atoms with E-state index in [4.69, 9.17) is 4.74 Å². The summed E-state index contributed by atoms with van der Waals surface area (Å²) in [6, 6.07) is 20.9. The van der Waals surface area contributed by atoms with Crippen molar-refractivity contribution in [3.63, 3.8) is 0 Å². The first-order chi connectivity index (χ1) is 15.0. The summed E-state index contributed by atoms with van der Waals surface area (Å²) in [5.41, 5.74) is 3.21. The third kappa shape index (κ3) is 4.90. The molecule has 2 aromatic heterocycles. The zero-order chi connectivity index (χ0) is 21.8. The van der Waals surface area contributed by atoms with E-state index in [0.29, 0.717) is 17.1 Å². The van der Waals surface area contributed by atoms with Crippen LogP contribution < -0.4 is 10.1 Å². The second-order valence-corrected chi connectivity index (χ2v) is 8.28. The standard InChI is InChI=1S/C24H22N4O2S/c1-16-26-22(17-8-5-4-6-9-17)24(31-16)30-20-12-13-25-21(15-20)27-19-11-7-10-18(14-19)23(29)28(2)3/h4-15H,1-3H3,(H,25,27). The van der Waals surface area contributed by atoms with Crippen molar-refractivity contribution in [1.82, 2.24) is 14.9 Å². The molecular weight excluding hydrogens is 408 g/mol. The number of rotatable bonds is 6. The second kappa shape index (κ2) is 8.97. The highest BCUT2D eigenvalue weighted by atomic mass is 32.1. The van der Waals surface area contributed by atoms with Gasteiger partial charge in [0.25, 0.3) is 5.91 Å². The van der Waals surface area contributed by atoms with Crippen LogP contribution >= 0.6 is 11.3 Å². The minimum absolute atomic E-state index is 0.0531. The van der Waals surface area contributed by atoms with Crippen molar-refractivity contribution in [2.45, 2.75) is 6.92 Å². The van der Waals surface area contributed by atoms with Crippen LogP contribution in [0.3, 0.4) is 0 Å². The number of amides is 1. The number of hydrogen-bond acceptors (Lipinski definition) is 6. The zero-order valence-corrected chi connectivity index (χ0v) is 18.3. The number of nitrogens with zero attached hydrogens (tertiary/aromatic N) is 3. The molecule has 0 aliphatic rings. The van der Waals surface area contributed by atoms with Crippen molar-refractivity contribution in [1.29, 1.82) is 0 Å². The summed E-state index contributed by atoms with van der Waals surface area (Å²) in [7, 11) is 3.46. The van der Waals surface area contributed by atoms with Crippen molar-refractivity contribution < 1.29 is 9.53 Å². The molecule has 0 aliphatic heterocycles. The molecule has 1 amide bonds. The molecule has 2 heterocycles. The van der Waals surface area contributed by atoms with Gasteiger partial charge in [-0.15, -0.1) is 0 Å². The minimum atomic E-state index is -0.0531. The van der Waals surface area contributed by atoms with Gasteiger partial charge in [0.05, 0.1) is 5.01 Å². The maximum atomic E-state index is 12.2. The Bertz CT molecular complexity index is 1210. The molecule has 0 bridgehead atoms. The minimum Gasteiger partial charge on any atom is -0.444 e. The summed E-state index contributed by atoms with van der Waals surface area (Å²) in [4.78, 5) is 22.8. The monoisotopic (exact) mass is 430 g/mol. The van der Waals surface area contributed by atoms with E-state index in [1.807, 2.05) is 55.5 Å². The van der Waals surface area contributed by atoms with Gasteiger partial charge in [0.15, 0.2) is 0 Å². The van der Waals surface area contributed by atoms with E-state index in [1.54, 1.807) is 43.4 Å². The van der Waals surface area contributed by atoms with Gasteiger partial charge in [-0.1, -0.05) is 47.7 Å². The van der Waals surface area contributed by atoms with Crippen LogP contribution in [0.2, 0.25) is 0 Å². The zero-order valence-electron chi connectivity index (χ0n) is 17.5. The van der Waals surface area contributed by atoms with Crippen LogP contribution in [0.4, 0.5) is 11.5 Å². The van der Waals surface area contributed by atoms with E-state index in [2.05, 4.69) is 15.3 Å². The van der Waals surface area contributed by atoms with Crippen molar-refractivity contribution >= 4 is 28.7 Å². The fourth-order valence-electron chi connectivity index (χ4n) is 3.04. The molecule has 4 rings (SSSR count). The topological polar surface area (TPSA) is 67.4 Å². The molecule has 7 heteroatoms. The molecule has 156 valence electrons. The van der Waals surface area contributed by atoms with Gasteiger partial charge in [-0.2, -0.15) is 0 Å². The average molecular weight is 431 g/mol. The molecule has 0 atom stereocenters. The summed E-state index contributed by atoms with van der Waals surface area (Å²) in [5, 5.41) is 4.91. The molecule has 0 spiro atoms. The van der Waals surface area contributed by atoms with Crippen LogP contribution in [0, 0.1) is 6.92 Å². The Balaban J connectivity index is 1.56. The van der Waals surface area contributed by atoms with E-state index >= 15 is 0 Å². The Morgan fingerprint density at radius 3 is 2.61 bits per heavy atom. The number of carbonyl (C=O) groups is 1. The van der Waals surface area contributed by atoms with Crippen molar-refractivity contribution in [3.8, 4) is 22.1 Å². The first-order valence-electron chi connectivity index (χ1n) is 9.75. The summed E-state index contributed by atoms with van der Waals surface area (Å²) in [6.07, 6.45) is 1.68. The van der Waals surface area contributed by atoms with Gasteiger partial charge in [-0.05, 0) is 31.2 Å². The third-order valence-corrected chi connectivity index (χ3v) is 5.33. The first kappa shape index (κ1) is 20.6. The Morgan fingerprint density at radius 1 is 1.03 bits per heavy atom. The SMILES string of the molecule is Cc1nc(-c2ccccc2)c(Oc2ccnc(Nc3cccc(C(=O)N(C)C)c3)c2)s1. The lowest BCUT2D eigenvalue weighted by Gasteiger charge is -2.12. The predicted molar refractivity (Wildman–Crippen MR) is 124 cm³/mol. The maximum Gasteiger partial charge on any atom is 0.253 e. The molecule has 0 fully saturated rings. The fraction of sp³-hybridized carbons (Fsp3) is 0.125. The molecule has 31 heavy (non-hydrogen) atoms. The maximum absolute atomic E-state index is 12.2. The molecule has 0 saturated carbocycles. The molecule has 4 aromatic rings. The van der Waals surface area contributed by atoms with Crippen LogP contribution in [0.15, 0.2) is 72.9 Å². The van der Waals surface area contributed by atoms with Gasteiger partial charge >= 0.3 is 0 Å². The first-order valence-corrected chi connectivity index (χ1v) is 10.6. The number of aromatic nitrogens is 2. The lowest BCUT2D eigenvalue weighted by molar-refractivity contribution is 0.0827. The van der Waals surface area contributed by atoms with Crippen molar-refractivity contribution in [2.75, 3.05) is 19.4 Å². The Hall–Kier alpha value is -3.71. The molecule has 0 unspecified atom stereocenters. The molecule has 2 aromatic carbocycles. The Morgan fingerprint density at radius 2 is 1.84 bits per heavy atom. The van der Waals surface area contributed by atoms with Crippen molar-refractivity contribution in [3.05, 3.63) is 83.5 Å². The number of thiazole rings is 1. The fourth-order valence-corrected chi connectivity index (χ4v) is 3.85. The Kier molecular flexibility index (Phi) is 5.95. The van der Waals surface area contributed by atoms with Gasteiger partial charge < -0.3 is 15.0 Å². The molecule has 6 nitrogen and oxygen atoms in total. The molecule has 0 saturated heterocycles. The largest absolute Gasteiger partial charge is 0.444 e. The number of anilines is 2. The van der Waals surface area contributed by atoms with E-state index in [1.165, 1.54) is 11.3 Å². The van der Waals surface area contributed by atoms with E-state index in [9.17, 15) is 4.79 Å². The summed E-state index contributed by atoms with van der Waals surface area (Å²) >= 11 is 1.51. The summed E-state index contributed by atoms with van der Waals surface area (Å²) in [6.45, 7) is 1.96. The van der Waals surface area contributed by atoms with Crippen LogP contribution in [-0.4, -0.2) is 34.9 Å². The van der Waals surface area contributed by atoms with Crippen LogP contribution in [0.25, 0.3) is 11.3 Å². The Labute approximate surface area is 185 Å². The number of hydrogen-bond donors (Lipinski definition) is 1. The van der Waals surface area contributed by atoms with E-state index in [0.717, 1.165) is 27.0 Å². The number of nitrogens with one attached hydrogen (secondary N) is 1. The van der Waals surface area contributed by atoms with Crippen LogP contribution in [0.1, 0.15) is 15.4 Å². The molecule has 0 radical (unpaired) electrons. The number of benzene rings is 2. The smallest absolute Gasteiger partial charge is 0.253 e. The lowest BCUT2D eigenvalue weighted by Crippen LogP contribution is -2.21. The van der Waals surface area contributed by atoms with Gasteiger partial charge in [-0.25, -0.2) is 9.97 Å². The summed E-state index contributed by atoms with van der Waals surface area (Å²) < 4.78 is 6.17. The van der Waals surface area contributed by atoms with E-state index < -0.39 is 0 Å². The second-order valence-electron chi connectivity index (χ2n) is 7.12. The number of carbonyl (C=O) groups excluding carboxylic acids is 1. The average Bonchev–Trinajstić information content (AvgIpc) is 3.14. The quantitative estimate of drug-likeness (QED) is 0.422. The number of pyridine rings is 1. The van der Waals surface area contributed by atoms with Crippen LogP contribution in [-0.2, 0) is 0 Å².